The van der Waals surface area contributed by atoms with E-state index in [4.69, 9.17) is 16.9 Å². The van der Waals surface area contributed by atoms with Crippen molar-refractivity contribution in [2.45, 2.75) is 13.1 Å². The van der Waals surface area contributed by atoms with E-state index in [2.05, 4.69) is 16.0 Å². The van der Waals surface area contributed by atoms with Crippen molar-refractivity contribution < 1.29 is 0 Å². The van der Waals surface area contributed by atoms with Gasteiger partial charge in [0.15, 0.2) is 4.47 Å². The molecule has 0 unspecified atom stereocenters. The molecular formula is C13H12ClN3S. The van der Waals surface area contributed by atoms with Gasteiger partial charge >= 0.3 is 0 Å². The Kier molecular flexibility index (Phi) is 4.32. The van der Waals surface area contributed by atoms with Crippen LogP contribution in [-0.2, 0) is 13.1 Å². The summed E-state index contributed by atoms with van der Waals surface area (Å²) in [6.07, 6.45) is 1.80. The zero-order valence-corrected chi connectivity index (χ0v) is 11.5. The number of aromatic nitrogens is 1. The maximum Gasteiger partial charge on any atom is 0.183 e. The number of nitriles is 1. The Morgan fingerprint density at radius 3 is 2.94 bits per heavy atom. The van der Waals surface area contributed by atoms with Gasteiger partial charge in [0.1, 0.15) is 0 Å². The van der Waals surface area contributed by atoms with Crippen LogP contribution in [0.3, 0.4) is 0 Å². The monoisotopic (exact) mass is 277 g/mol. The van der Waals surface area contributed by atoms with E-state index in [1.807, 2.05) is 31.3 Å². The Bertz CT molecular complexity index is 574. The lowest BCUT2D eigenvalue weighted by Crippen LogP contribution is -2.16. The van der Waals surface area contributed by atoms with Gasteiger partial charge in [-0.05, 0) is 24.7 Å². The van der Waals surface area contributed by atoms with Gasteiger partial charge in [0.2, 0.25) is 0 Å². The second kappa shape index (κ2) is 5.96. The highest BCUT2D eigenvalue weighted by Gasteiger charge is 2.05. The minimum Gasteiger partial charge on any atom is -0.297 e. The molecule has 0 amide bonds. The Hall–Kier alpha value is -1.41. The molecule has 0 N–H and O–H groups in total. The lowest BCUT2D eigenvalue weighted by Gasteiger charge is -2.15. The predicted molar refractivity (Wildman–Crippen MR) is 73.5 cm³/mol. The van der Waals surface area contributed by atoms with E-state index in [1.165, 1.54) is 11.3 Å². The van der Waals surface area contributed by atoms with Gasteiger partial charge in [-0.25, -0.2) is 4.98 Å². The van der Waals surface area contributed by atoms with Crippen molar-refractivity contribution in [3.63, 3.8) is 0 Å². The van der Waals surface area contributed by atoms with Gasteiger partial charge in [-0.1, -0.05) is 23.7 Å². The van der Waals surface area contributed by atoms with Crippen molar-refractivity contribution in [3.8, 4) is 6.07 Å². The molecule has 1 aromatic heterocycles. The van der Waals surface area contributed by atoms with E-state index in [0.29, 0.717) is 10.0 Å². The first-order chi connectivity index (χ1) is 8.67. The number of halogens is 1. The van der Waals surface area contributed by atoms with Gasteiger partial charge in [-0.2, -0.15) is 5.26 Å². The summed E-state index contributed by atoms with van der Waals surface area (Å²) in [5.74, 6) is 0. The second-order valence-corrected chi connectivity index (χ2v) is 5.76. The van der Waals surface area contributed by atoms with Crippen LogP contribution in [0.1, 0.15) is 16.0 Å². The Morgan fingerprint density at radius 1 is 1.44 bits per heavy atom. The van der Waals surface area contributed by atoms with Gasteiger partial charge in [-0.3, -0.25) is 4.90 Å². The fourth-order valence-corrected chi connectivity index (χ4v) is 2.79. The SMILES string of the molecule is CN(Cc1cccc(C#N)c1)Cc1cnc(Cl)s1. The normalized spacial score (nSPS) is 10.6. The molecule has 92 valence electrons. The van der Waals surface area contributed by atoms with Crippen LogP contribution >= 0.6 is 22.9 Å². The van der Waals surface area contributed by atoms with Gasteiger partial charge in [0.05, 0.1) is 11.6 Å². The zero-order chi connectivity index (χ0) is 13.0. The van der Waals surface area contributed by atoms with Crippen LogP contribution in [0, 0.1) is 11.3 Å². The topological polar surface area (TPSA) is 39.9 Å². The minimum absolute atomic E-state index is 0.574. The Labute approximate surface area is 115 Å². The van der Waals surface area contributed by atoms with E-state index < -0.39 is 0 Å². The number of hydrogen-bond donors (Lipinski definition) is 0. The van der Waals surface area contributed by atoms with Crippen molar-refractivity contribution in [1.29, 1.82) is 5.26 Å². The highest BCUT2D eigenvalue weighted by Crippen LogP contribution is 2.19. The molecular weight excluding hydrogens is 266 g/mol. The molecule has 0 spiro atoms. The minimum atomic E-state index is 0.574. The first-order valence-electron chi connectivity index (χ1n) is 5.45. The Morgan fingerprint density at radius 2 is 2.28 bits per heavy atom. The van der Waals surface area contributed by atoms with Crippen molar-refractivity contribution in [3.05, 3.63) is 50.9 Å². The van der Waals surface area contributed by atoms with Crippen LogP contribution < -0.4 is 0 Å². The van der Waals surface area contributed by atoms with Gasteiger partial charge in [0, 0.05) is 24.2 Å². The highest BCUT2D eigenvalue weighted by molar-refractivity contribution is 7.15. The zero-order valence-electron chi connectivity index (χ0n) is 9.93. The predicted octanol–water partition coefficient (Wildman–Crippen LogP) is 3.30. The molecule has 5 heteroatoms. The summed E-state index contributed by atoms with van der Waals surface area (Å²) in [5, 5.41) is 8.85. The van der Waals surface area contributed by atoms with Crippen LogP contribution in [0.5, 0.6) is 0 Å². The van der Waals surface area contributed by atoms with Crippen molar-refractivity contribution in [2.75, 3.05) is 7.05 Å². The van der Waals surface area contributed by atoms with Crippen molar-refractivity contribution in [1.82, 2.24) is 9.88 Å². The molecule has 0 aliphatic rings. The first kappa shape index (κ1) is 13.0. The molecule has 2 rings (SSSR count). The fourth-order valence-electron chi connectivity index (χ4n) is 1.73. The van der Waals surface area contributed by atoms with Gasteiger partial charge in [-0.15, -0.1) is 11.3 Å². The van der Waals surface area contributed by atoms with Crippen LogP contribution in [0.2, 0.25) is 4.47 Å². The maximum absolute atomic E-state index is 8.85. The molecule has 2 aromatic rings. The lowest BCUT2D eigenvalue weighted by atomic mass is 10.1. The van der Waals surface area contributed by atoms with E-state index in [-0.39, 0.29) is 0 Å². The summed E-state index contributed by atoms with van der Waals surface area (Å²) >= 11 is 7.29. The number of thiazole rings is 1. The standard InChI is InChI=1S/C13H12ClN3S/c1-17(9-12-7-16-13(14)18-12)8-11-4-2-3-10(5-11)6-15/h2-5,7H,8-9H2,1H3. The van der Waals surface area contributed by atoms with E-state index in [9.17, 15) is 0 Å². The van der Waals surface area contributed by atoms with Gasteiger partial charge in [0.25, 0.3) is 0 Å². The third-order valence-electron chi connectivity index (χ3n) is 2.46. The molecule has 0 aliphatic carbocycles. The second-order valence-electron chi connectivity index (χ2n) is 4.06. The molecule has 1 heterocycles. The molecule has 3 nitrogen and oxygen atoms in total. The van der Waals surface area contributed by atoms with Crippen LogP contribution in [0.4, 0.5) is 0 Å². The Balaban J connectivity index is 1.98. The third-order valence-corrected chi connectivity index (χ3v) is 3.56. The summed E-state index contributed by atoms with van der Waals surface area (Å²) in [4.78, 5) is 7.32. The van der Waals surface area contributed by atoms with E-state index >= 15 is 0 Å². The fraction of sp³-hybridized carbons (Fsp3) is 0.231. The number of rotatable bonds is 4. The molecule has 0 bridgehead atoms. The smallest absolute Gasteiger partial charge is 0.183 e. The summed E-state index contributed by atoms with van der Waals surface area (Å²) in [5.41, 5.74) is 1.83. The number of nitrogens with zero attached hydrogens (tertiary/aromatic N) is 3. The molecule has 18 heavy (non-hydrogen) atoms. The quantitative estimate of drug-likeness (QED) is 0.861. The largest absolute Gasteiger partial charge is 0.297 e. The third kappa shape index (κ3) is 3.54. The van der Waals surface area contributed by atoms with Gasteiger partial charge < -0.3 is 0 Å². The molecule has 0 aliphatic heterocycles. The molecule has 0 fully saturated rings. The summed E-state index contributed by atoms with van der Waals surface area (Å²) < 4.78 is 0.574. The maximum atomic E-state index is 8.85. The highest BCUT2D eigenvalue weighted by atomic mass is 35.5. The van der Waals surface area contributed by atoms with Crippen LogP contribution in [-0.4, -0.2) is 16.9 Å². The summed E-state index contributed by atoms with van der Waals surface area (Å²) in [6.45, 7) is 1.60. The van der Waals surface area contributed by atoms with Crippen molar-refractivity contribution in [2.24, 2.45) is 0 Å². The first-order valence-corrected chi connectivity index (χ1v) is 6.64. The molecule has 0 radical (unpaired) electrons. The average Bonchev–Trinajstić information content (AvgIpc) is 2.74. The lowest BCUT2D eigenvalue weighted by molar-refractivity contribution is 0.322. The van der Waals surface area contributed by atoms with Crippen LogP contribution in [0.15, 0.2) is 30.5 Å². The average molecular weight is 278 g/mol. The molecule has 1 aromatic carbocycles. The van der Waals surface area contributed by atoms with Crippen LogP contribution in [0.25, 0.3) is 0 Å². The van der Waals surface area contributed by atoms with Crippen molar-refractivity contribution >= 4 is 22.9 Å². The molecule has 0 saturated heterocycles. The molecule has 0 saturated carbocycles. The van der Waals surface area contributed by atoms with E-state index in [0.717, 1.165) is 23.5 Å². The molecule has 0 atom stereocenters. The summed E-state index contributed by atoms with van der Waals surface area (Å²) in [7, 11) is 2.03. The number of hydrogen-bond acceptors (Lipinski definition) is 4. The summed E-state index contributed by atoms with van der Waals surface area (Å²) in [6, 6.07) is 9.81. The van der Waals surface area contributed by atoms with E-state index in [1.54, 1.807) is 6.20 Å². The number of benzene rings is 1.